The molecule has 0 bridgehead atoms. The van der Waals surface area contributed by atoms with E-state index >= 15 is 0 Å². The van der Waals surface area contributed by atoms with Crippen LogP contribution in [-0.4, -0.2) is 0 Å². The summed E-state index contributed by atoms with van der Waals surface area (Å²) in [7, 11) is -1.03. The summed E-state index contributed by atoms with van der Waals surface area (Å²) < 4.78 is 4.18. The van der Waals surface area contributed by atoms with Crippen molar-refractivity contribution in [1.82, 2.24) is 0 Å². The predicted molar refractivity (Wildman–Crippen MR) is 109 cm³/mol. The third kappa shape index (κ3) is 3.65. The molecule has 0 N–H and O–H groups in total. The van der Waals surface area contributed by atoms with Crippen molar-refractivity contribution in [2.24, 2.45) is 0 Å². The molecule has 0 aliphatic heterocycles. The highest BCUT2D eigenvalue weighted by Crippen LogP contribution is 2.56. The lowest BCUT2D eigenvalue weighted by Gasteiger charge is -2.21. The van der Waals surface area contributed by atoms with E-state index < -0.39 is 8.07 Å². The molecule has 3 rings (SSSR count). The summed E-state index contributed by atoms with van der Waals surface area (Å²) in [5.41, 5.74) is 6.25. The third-order valence-corrected chi connectivity index (χ3v) is 6.91. The molecule has 0 fully saturated rings. The van der Waals surface area contributed by atoms with Gasteiger partial charge in [0.15, 0.2) is 0 Å². The quantitative estimate of drug-likeness (QED) is 0.384. The molecular weight excluding hydrogens is 321 g/mol. The van der Waals surface area contributed by atoms with Gasteiger partial charge in [-0.15, -0.1) is 0 Å². The maximum absolute atomic E-state index is 8.03. The van der Waals surface area contributed by atoms with Crippen molar-refractivity contribution in [2.75, 3.05) is 0 Å². The average Bonchev–Trinajstić information content (AvgIpc) is 2.61. The Morgan fingerprint density at radius 1 is 0.760 bits per heavy atom. The smallest absolute Gasteiger partial charge is 0.297 e. The summed E-state index contributed by atoms with van der Waals surface area (Å²) in [4.78, 5) is 0. The first-order valence-corrected chi connectivity index (χ1v) is 9.82. The van der Waals surface area contributed by atoms with Gasteiger partial charge in [0, 0.05) is 0 Å². The molecule has 0 saturated heterocycles. The largest absolute Gasteiger partial charge is 0.315 e. The van der Waals surface area contributed by atoms with Crippen molar-refractivity contribution in [3.8, 4) is 0 Å². The van der Waals surface area contributed by atoms with Gasteiger partial charge in [-0.3, -0.25) is 4.62 Å². The van der Waals surface area contributed by atoms with E-state index in [4.69, 9.17) is 6.57 Å². The topological polar surface area (TPSA) is 4.36 Å². The van der Waals surface area contributed by atoms with Crippen LogP contribution in [0.15, 0.2) is 72.8 Å². The van der Waals surface area contributed by atoms with E-state index in [1.807, 2.05) is 12.1 Å². The fourth-order valence-electron chi connectivity index (χ4n) is 3.52. The minimum Gasteiger partial charge on any atom is -0.297 e. The number of hydrogen-bond donors (Lipinski definition) is 0. The van der Waals surface area contributed by atoms with Crippen LogP contribution in [0.25, 0.3) is 4.62 Å². The highest BCUT2D eigenvalue weighted by atomic mass is 31.1. The molecule has 0 aliphatic rings. The molecule has 25 heavy (non-hydrogen) atoms. The van der Waals surface area contributed by atoms with Gasteiger partial charge >= 0.3 is 8.07 Å². The third-order valence-electron chi connectivity index (χ3n) is 4.45. The molecule has 1 nitrogen and oxygen atoms in total. The molecule has 2 heteroatoms. The Morgan fingerprint density at radius 3 is 1.60 bits per heavy atom. The van der Waals surface area contributed by atoms with Crippen molar-refractivity contribution in [1.29, 1.82) is 0 Å². The molecule has 3 aromatic carbocycles. The Labute approximate surface area is 152 Å². The normalized spacial score (nSPS) is 12.0. The Balaban J connectivity index is 2.20. The minimum atomic E-state index is -1.03. The van der Waals surface area contributed by atoms with Crippen molar-refractivity contribution < 1.29 is 0 Å². The van der Waals surface area contributed by atoms with Gasteiger partial charge in [0.2, 0.25) is 0 Å². The summed E-state index contributed by atoms with van der Waals surface area (Å²) in [6.07, 6.45) is 0. The molecule has 0 aromatic heterocycles. The van der Waals surface area contributed by atoms with Gasteiger partial charge in [-0.1, -0.05) is 78.4 Å². The number of benzene rings is 3. The number of rotatable bonds is 4. The summed E-state index contributed by atoms with van der Waals surface area (Å²) >= 11 is 0. The zero-order valence-corrected chi connectivity index (χ0v) is 15.8. The number of nitrogens with zero attached hydrogens (tertiary/aromatic N) is 1. The van der Waals surface area contributed by atoms with Crippen LogP contribution >= 0.6 is 8.07 Å². The van der Waals surface area contributed by atoms with Gasteiger partial charge in [0.25, 0.3) is 0 Å². The van der Waals surface area contributed by atoms with Gasteiger partial charge in [0.05, 0.1) is 5.30 Å². The van der Waals surface area contributed by atoms with Crippen LogP contribution < -0.4 is 5.30 Å². The lowest BCUT2D eigenvalue weighted by molar-refractivity contribution is 1.14. The van der Waals surface area contributed by atoms with Crippen LogP contribution in [-0.2, 0) is 0 Å². The molecule has 0 radical (unpaired) electrons. The second-order valence-electron chi connectivity index (χ2n) is 6.42. The molecule has 0 saturated carbocycles. The SMILES string of the molecule is [C-]#[N+]P(c1c(C)cc(C)cc1C)C(c1ccccc1)c1ccccc1. The predicted octanol–water partition coefficient (Wildman–Crippen LogP) is 6.34. The average molecular weight is 343 g/mol. The fourth-order valence-corrected chi connectivity index (χ4v) is 5.75. The van der Waals surface area contributed by atoms with E-state index in [2.05, 4.69) is 86.1 Å². The first kappa shape index (κ1) is 17.4. The Hall–Kier alpha value is -2.42. The molecule has 124 valence electrons. The van der Waals surface area contributed by atoms with Crippen molar-refractivity contribution in [2.45, 2.75) is 26.4 Å². The van der Waals surface area contributed by atoms with Crippen LogP contribution in [0.4, 0.5) is 0 Å². The Bertz CT molecular complexity index is 832. The van der Waals surface area contributed by atoms with Crippen LogP contribution in [0, 0.1) is 27.3 Å². The zero-order chi connectivity index (χ0) is 17.8. The first-order chi connectivity index (χ1) is 12.1. The van der Waals surface area contributed by atoms with E-state index in [0.717, 1.165) is 0 Å². The van der Waals surface area contributed by atoms with Gasteiger partial charge in [-0.2, -0.15) is 0 Å². The van der Waals surface area contributed by atoms with Crippen molar-refractivity contribution in [3.05, 3.63) is 112 Å². The monoisotopic (exact) mass is 343 g/mol. The van der Waals surface area contributed by atoms with E-state index in [9.17, 15) is 0 Å². The van der Waals surface area contributed by atoms with E-state index in [1.54, 1.807) is 0 Å². The molecule has 0 aliphatic carbocycles. The first-order valence-electron chi connectivity index (χ1n) is 8.46. The van der Waals surface area contributed by atoms with Crippen LogP contribution in [0.2, 0.25) is 0 Å². The van der Waals surface area contributed by atoms with Crippen LogP contribution in [0.3, 0.4) is 0 Å². The highest BCUT2D eigenvalue weighted by molar-refractivity contribution is 7.68. The maximum Gasteiger partial charge on any atom is 0.315 e. The van der Waals surface area contributed by atoms with Gasteiger partial charge < -0.3 is 0 Å². The lowest BCUT2D eigenvalue weighted by Crippen LogP contribution is -2.14. The number of hydrogen-bond acceptors (Lipinski definition) is 0. The van der Waals surface area contributed by atoms with E-state index in [0.29, 0.717) is 0 Å². The zero-order valence-electron chi connectivity index (χ0n) is 14.9. The summed E-state index contributed by atoms with van der Waals surface area (Å²) in [6, 6.07) is 25.3. The molecule has 1 unspecified atom stereocenters. The fraction of sp³-hybridized carbons (Fsp3) is 0.174. The maximum atomic E-state index is 8.03. The second-order valence-corrected chi connectivity index (χ2v) is 8.27. The van der Waals surface area contributed by atoms with Crippen molar-refractivity contribution >= 4 is 13.4 Å². The van der Waals surface area contributed by atoms with Crippen LogP contribution in [0.1, 0.15) is 33.5 Å². The summed E-state index contributed by atoms with van der Waals surface area (Å²) in [5, 5.41) is 1.23. The van der Waals surface area contributed by atoms with Gasteiger partial charge in [0.1, 0.15) is 5.66 Å². The molecule has 0 spiro atoms. The standard InChI is InChI=1S/C23H22NP/c1-17-15-18(2)22(19(3)16-17)25(24-4)23(20-11-7-5-8-12-20)21-13-9-6-10-14-21/h5-16,23H,1-3H3. The number of aryl methyl sites for hydroxylation is 3. The summed E-state index contributed by atoms with van der Waals surface area (Å²) in [5.74, 6) is 0. The Kier molecular flexibility index (Phi) is 5.32. The van der Waals surface area contributed by atoms with E-state index in [-0.39, 0.29) is 5.66 Å². The molecule has 1 atom stereocenters. The molecule has 0 amide bonds. The van der Waals surface area contributed by atoms with Gasteiger partial charge in [-0.25, -0.2) is 6.57 Å². The molecule has 0 heterocycles. The highest BCUT2D eigenvalue weighted by Gasteiger charge is 2.35. The minimum absolute atomic E-state index is 0.0926. The Morgan fingerprint density at radius 2 is 1.20 bits per heavy atom. The lowest BCUT2D eigenvalue weighted by atomic mass is 10.0. The van der Waals surface area contributed by atoms with Gasteiger partial charge in [-0.05, 0) is 43.0 Å². The summed E-state index contributed by atoms with van der Waals surface area (Å²) in [6.45, 7) is 14.4. The molecule has 3 aromatic rings. The second kappa shape index (κ2) is 7.64. The van der Waals surface area contributed by atoms with Crippen LogP contribution in [0.5, 0.6) is 0 Å². The molecular formula is C23H22NP. The van der Waals surface area contributed by atoms with E-state index in [1.165, 1.54) is 33.1 Å². The van der Waals surface area contributed by atoms with Crippen molar-refractivity contribution in [3.63, 3.8) is 0 Å².